The number of aromatic nitrogens is 3. The van der Waals surface area contributed by atoms with Gasteiger partial charge in [-0.2, -0.15) is 0 Å². The molecule has 1 fully saturated rings. The molecule has 146 valence electrons. The van der Waals surface area contributed by atoms with E-state index in [9.17, 15) is 4.79 Å². The molecule has 4 rings (SSSR count). The Balaban J connectivity index is 1.52. The minimum atomic E-state index is -0.319. The first-order valence-corrected chi connectivity index (χ1v) is 10.1. The van der Waals surface area contributed by atoms with Crippen LogP contribution in [-0.4, -0.2) is 38.5 Å². The van der Waals surface area contributed by atoms with Crippen molar-refractivity contribution in [3.63, 3.8) is 0 Å². The molecule has 1 saturated heterocycles. The van der Waals surface area contributed by atoms with Crippen LogP contribution in [0.4, 0.5) is 10.6 Å². The number of amides is 1. The number of hydrogen-bond donors (Lipinski definition) is 1. The molecule has 0 bridgehead atoms. The van der Waals surface area contributed by atoms with E-state index in [1.807, 2.05) is 30.3 Å². The second-order valence-corrected chi connectivity index (χ2v) is 7.87. The Morgan fingerprint density at radius 2 is 2.14 bits per heavy atom. The minimum absolute atomic E-state index is 0.0242. The van der Waals surface area contributed by atoms with E-state index in [2.05, 4.69) is 25.9 Å². The van der Waals surface area contributed by atoms with Crippen LogP contribution < -0.4 is 5.73 Å². The highest BCUT2D eigenvalue weighted by molar-refractivity contribution is 9.10. The minimum Gasteiger partial charge on any atom is -0.445 e. The van der Waals surface area contributed by atoms with Crippen molar-refractivity contribution in [2.45, 2.75) is 25.4 Å². The fourth-order valence-corrected chi connectivity index (χ4v) is 4.31. The Morgan fingerprint density at radius 3 is 2.93 bits per heavy atom. The summed E-state index contributed by atoms with van der Waals surface area (Å²) in [7, 11) is 0. The second kappa shape index (κ2) is 7.97. The molecule has 1 aromatic carbocycles. The molecule has 0 aliphatic carbocycles. The molecule has 2 aromatic heterocycles. The predicted octanol–water partition coefficient (Wildman–Crippen LogP) is 4.24. The molecule has 9 heteroatoms. The van der Waals surface area contributed by atoms with Gasteiger partial charge in [0.2, 0.25) is 0 Å². The smallest absolute Gasteiger partial charge is 0.410 e. The van der Waals surface area contributed by atoms with Crippen LogP contribution in [0, 0.1) is 0 Å². The molecule has 1 aliphatic heterocycles. The highest BCUT2D eigenvalue weighted by atomic mass is 79.9. The molecule has 0 spiro atoms. The number of nitrogens with two attached hydrogens (primary N) is 1. The Kier molecular flexibility index (Phi) is 5.41. The number of fused-ring (bicyclic) bond motifs is 1. The maximum atomic E-state index is 12.5. The van der Waals surface area contributed by atoms with Crippen molar-refractivity contribution in [3.8, 4) is 0 Å². The number of halogens is 2. The summed E-state index contributed by atoms with van der Waals surface area (Å²) in [6, 6.07) is 9.64. The van der Waals surface area contributed by atoms with Crippen molar-refractivity contribution in [2.75, 3.05) is 18.8 Å². The van der Waals surface area contributed by atoms with Gasteiger partial charge >= 0.3 is 6.09 Å². The van der Waals surface area contributed by atoms with Crippen LogP contribution in [0.25, 0.3) is 5.52 Å². The Morgan fingerprint density at radius 1 is 1.36 bits per heavy atom. The van der Waals surface area contributed by atoms with Crippen LogP contribution in [-0.2, 0) is 11.3 Å². The summed E-state index contributed by atoms with van der Waals surface area (Å²) in [5, 5.41) is 0.432. The van der Waals surface area contributed by atoms with E-state index in [-0.39, 0.29) is 18.6 Å². The van der Waals surface area contributed by atoms with Crippen LogP contribution in [0.15, 0.2) is 41.1 Å². The first kappa shape index (κ1) is 19.0. The summed E-state index contributed by atoms with van der Waals surface area (Å²) >= 11 is 9.81. The van der Waals surface area contributed by atoms with Crippen LogP contribution in [0.2, 0.25) is 5.15 Å². The zero-order chi connectivity index (χ0) is 19.7. The van der Waals surface area contributed by atoms with Gasteiger partial charge in [0, 0.05) is 19.0 Å². The predicted molar refractivity (Wildman–Crippen MR) is 110 cm³/mol. The summed E-state index contributed by atoms with van der Waals surface area (Å²) < 4.78 is 7.88. The zero-order valence-corrected chi connectivity index (χ0v) is 17.4. The van der Waals surface area contributed by atoms with Gasteiger partial charge in [0.25, 0.3) is 0 Å². The number of piperidine rings is 1. The van der Waals surface area contributed by atoms with Crippen molar-refractivity contribution in [1.29, 1.82) is 0 Å². The third kappa shape index (κ3) is 3.66. The molecule has 0 saturated carbocycles. The number of nitrogens with zero attached hydrogens (tertiary/aromatic N) is 4. The molecule has 0 radical (unpaired) electrons. The lowest BCUT2D eigenvalue weighted by molar-refractivity contribution is 0.0853. The van der Waals surface area contributed by atoms with E-state index in [0.717, 1.165) is 24.2 Å². The number of carbonyl (C=O) groups excluding carboxylic acids is 1. The lowest BCUT2D eigenvalue weighted by atomic mass is 9.97. The van der Waals surface area contributed by atoms with E-state index in [1.54, 1.807) is 9.30 Å². The molecule has 3 aromatic rings. The van der Waals surface area contributed by atoms with Gasteiger partial charge in [-0.25, -0.2) is 14.8 Å². The van der Waals surface area contributed by atoms with E-state index in [4.69, 9.17) is 22.1 Å². The third-order valence-electron chi connectivity index (χ3n) is 4.88. The number of hydrogen-bond acceptors (Lipinski definition) is 5. The largest absolute Gasteiger partial charge is 0.445 e. The fraction of sp³-hybridized carbons (Fsp3) is 0.316. The summed E-state index contributed by atoms with van der Waals surface area (Å²) in [5.74, 6) is 1.14. The number of rotatable bonds is 3. The zero-order valence-electron chi connectivity index (χ0n) is 15.0. The third-order valence-corrected chi connectivity index (χ3v) is 5.70. The van der Waals surface area contributed by atoms with Gasteiger partial charge in [-0.05, 0) is 34.3 Å². The van der Waals surface area contributed by atoms with E-state index in [1.165, 1.54) is 6.20 Å². The molecule has 0 unspecified atom stereocenters. The molecule has 2 N–H and O–H groups in total. The van der Waals surface area contributed by atoms with Crippen LogP contribution in [0.1, 0.15) is 30.1 Å². The summed E-state index contributed by atoms with van der Waals surface area (Å²) in [5.41, 5.74) is 7.60. The van der Waals surface area contributed by atoms with Gasteiger partial charge in [-0.3, -0.25) is 4.40 Å². The first-order valence-electron chi connectivity index (χ1n) is 8.98. The Bertz CT molecular complexity index is 1010. The normalized spacial score (nSPS) is 17.1. The van der Waals surface area contributed by atoms with Gasteiger partial charge in [-0.15, -0.1) is 0 Å². The van der Waals surface area contributed by atoms with Gasteiger partial charge in [0.05, 0.1) is 6.20 Å². The molecule has 1 amide bonds. The number of anilines is 1. The van der Waals surface area contributed by atoms with Crippen LogP contribution >= 0.6 is 27.5 Å². The molecule has 1 aliphatic rings. The van der Waals surface area contributed by atoms with Gasteiger partial charge in [0.15, 0.2) is 5.82 Å². The van der Waals surface area contributed by atoms with Gasteiger partial charge in [-0.1, -0.05) is 41.9 Å². The van der Waals surface area contributed by atoms with Crippen molar-refractivity contribution in [3.05, 3.63) is 57.7 Å². The SMILES string of the molecule is Nc1ncc(Cl)n2c([C@@H]3CCCN(C(=O)OCc4ccccc4)C3)nc(Br)c12. The number of carbonyl (C=O) groups is 1. The first-order chi connectivity index (χ1) is 13.5. The molecule has 7 nitrogen and oxygen atoms in total. The second-order valence-electron chi connectivity index (χ2n) is 6.74. The van der Waals surface area contributed by atoms with Crippen LogP contribution in [0.5, 0.6) is 0 Å². The van der Waals surface area contributed by atoms with Crippen molar-refractivity contribution in [1.82, 2.24) is 19.3 Å². The monoisotopic (exact) mass is 463 g/mol. The number of ether oxygens (including phenoxy) is 1. The molecule has 28 heavy (non-hydrogen) atoms. The summed E-state index contributed by atoms with van der Waals surface area (Å²) in [6.45, 7) is 1.43. The lowest BCUT2D eigenvalue weighted by Crippen LogP contribution is -2.39. The molecular formula is C19H19BrClN5O2. The van der Waals surface area contributed by atoms with Crippen LogP contribution in [0.3, 0.4) is 0 Å². The quantitative estimate of drug-likeness (QED) is 0.626. The number of benzene rings is 1. The van der Waals surface area contributed by atoms with Gasteiger partial charge < -0.3 is 15.4 Å². The highest BCUT2D eigenvalue weighted by Gasteiger charge is 2.30. The Hall–Kier alpha value is -2.32. The van der Waals surface area contributed by atoms with E-state index >= 15 is 0 Å². The number of likely N-dealkylation sites (tertiary alicyclic amines) is 1. The number of imidazole rings is 1. The van der Waals surface area contributed by atoms with E-state index < -0.39 is 0 Å². The average molecular weight is 465 g/mol. The fourth-order valence-electron chi connectivity index (χ4n) is 3.53. The maximum Gasteiger partial charge on any atom is 0.410 e. The van der Waals surface area contributed by atoms with E-state index in [0.29, 0.717) is 34.2 Å². The van der Waals surface area contributed by atoms with Crippen molar-refractivity contribution in [2.24, 2.45) is 0 Å². The molecular weight excluding hydrogens is 446 g/mol. The standard InChI is InChI=1S/C19H19BrClN5O2/c20-16-15-17(22)23-9-14(21)26(15)18(24-16)13-7-4-8-25(10-13)19(27)28-11-12-5-2-1-3-6-12/h1-3,5-6,9,13H,4,7-8,10-11H2,(H2,22,23)/t13-/m1/s1. The average Bonchev–Trinajstić information content (AvgIpc) is 3.08. The highest BCUT2D eigenvalue weighted by Crippen LogP contribution is 2.33. The summed E-state index contributed by atoms with van der Waals surface area (Å²) in [6.07, 6.45) is 2.94. The Labute approximate surface area is 175 Å². The summed E-state index contributed by atoms with van der Waals surface area (Å²) in [4.78, 5) is 23.0. The molecule has 3 heterocycles. The van der Waals surface area contributed by atoms with Gasteiger partial charge in [0.1, 0.15) is 27.7 Å². The topological polar surface area (TPSA) is 85.8 Å². The van der Waals surface area contributed by atoms with Crippen molar-refractivity contribution < 1.29 is 9.53 Å². The maximum absolute atomic E-state index is 12.5. The lowest BCUT2D eigenvalue weighted by Gasteiger charge is -2.31. The van der Waals surface area contributed by atoms with Crippen molar-refractivity contribution >= 4 is 45.0 Å². The number of nitrogen functional groups attached to an aromatic ring is 1. The molecule has 1 atom stereocenters.